The predicted molar refractivity (Wildman–Crippen MR) is 112 cm³/mol. The number of carbonyl (C=O) groups is 3. The zero-order valence-corrected chi connectivity index (χ0v) is 16.7. The number of carbonyl (C=O) groups excluding carboxylic acids is 2. The summed E-state index contributed by atoms with van der Waals surface area (Å²) in [6.45, 7) is 0.0593. The summed E-state index contributed by atoms with van der Waals surface area (Å²) in [5, 5.41) is 14.3. The lowest BCUT2D eigenvalue weighted by molar-refractivity contribution is -0.142. The van der Waals surface area contributed by atoms with E-state index in [0.29, 0.717) is 5.75 Å². The van der Waals surface area contributed by atoms with E-state index in [2.05, 4.69) is 23.3 Å². The van der Waals surface area contributed by atoms with Crippen molar-refractivity contribution in [3.63, 3.8) is 0 Å². The van der Waals surface area contributed by atoms with E-state index in [-0.39, 0.29) is 19.4 Å². The second-order valence-corrected chi connectivity index (χ2v) is 6.81. The molecule has 0 unspecified atom stereocenters. The highest BCUT2D eigenvalue weighted by Gasteiger charge is 2.26. The molecule has 2 rings (SSSR count). The van der Waals surface area contributed by atoms with Gasteiger partial charge in [0.1, 0.15) is 18.7 Å². The van der Waals surface area contributed by atoms with Crippen LogP contribution >= 0.6 is 12.6 Å². The van der Waals surface area contributed by atoms with Crippen LogP contribution in [0.1, 0.15) is 17.5 Å². The van der Waals surface area contributed by atoms with Gasteiger partial charge in [0.05, 0.1) is 0 Å². The zero-order valence-electron chi connectivity index (χ0n) is 15.8. The number of aliphatic carboxylic acids is 1. The Hall–Kier alpha value is -3.00. The minimum atomic E-state index is -1.16. The van der Waals surface area contributed by atoms with Crippen LogP contribution in [-0.4, -0.2) is 40.9 Å². The maximum atomic E-state index is 12.7. The van der Waals surface area contributed by atoms with Gasteiger partial charge in [-0.25, -0.2) is 9.59 Å². The molecule has 0 radical (unpaired) electrons. The molecular weight excluding hydrogens is 392 g/mol. The van der Waals surface area contributed by atoms with Crippen molar-refractivity contribution in [2.75, 3.05) is 5.75 Å². The molecule has 8 heteroatoms. The largest absolute Gasteiger partial charge is 0.480 e. The summed E-state index contributed by atoms with van der Waals surface area (Å²) in [7, 11) is 0. The molecule has 154 valence electrons. The fraction of sp³-hybridized carbons (Fsp3) is 0.286. The summed E-state index contributed by atoms with van der Waals surface area (Å²) >= 11 is 4.02. The van der Waals surface area contributed by atoms with E-state index in [1.165, 1.54) is 0 Å². The molecule has 0 fully saturated rings. The first kappa shape index (κ1) is 22.3. The zero-order chi connectivity index (χ0) is 21.1. The van der Waals surface area contributed by atoms with Crippen LogP contribution in [0.2, 0.25) is 0 Å². The number of carboxylic acids is 1. The molecule has 0 aliphatic heterocycles. The van der Waals surface area contributed by atoms with Gasteiger partial charge in [-0.05, 0) is 23.3 Å². The van der Waals surface area contributed by atoms with E-state index in [4.69, 9.17) is 4.74 Å². The first-order valence-electron chi connectivity index (χ1n) is 9.14. The number of ether oxygens (including phenoxy) is 1. The Kier molecular flexibility index (Phi) is 9.04. The number of carboxylic acid groups (broad SMARTS) is 1. The van der Waals surface area contributed by atoms with Crippen LogP contribution in [0.15, 0.2) is 60.7 Å². The molecule has 0 aromatic heterocycles. The molecule has 0 spiro atoms. The average molecular weight is 416 g/mol. The topological polar surface area (TPSA) is 105 Å². The SMILES string of the molecule is O=C(N[C@H](Cc1ccccc1)C(=O)N[C@@H](CCS)C(=O)O)OCc1ccccc1. The lowest BCUT2D eigenvalue weighted by Gasteiger charge is -2.21. The highest BCUT2D eigenvalue weighted by atomic mass is 32.1. The Morgan fingerprint density at radius 2 is 1.48 bits per heavy atom. The highest BCUT2D eigenvalue weighted by Crippen LogP contribution is 2.06. The Labute approximate surface area is 174 Å². The third-order valence-corrected chi connectivity index (χ3v) is 4.39. The Balaban J connectivity index is 2.04. The highest BCUT2D eigenvalue weighted by molar-refractivity contribution is 7.80. The molecule has 0 saturated carbocycles. The van der Waals surface area contributed by atoms with Gasteiger partial charge in [-0.1, -0.05) is 60.7 Å². The molecule has 2 aromatic rings. The minimum Gasteiger partial charge on any atom is -0.480 e. The van der Waals surface area contributed by atoms with Crippen molar-refractivity contribution in [2.45, 2.75) is 31.5 Å². The van der Waals surface area contributed by atoms with Crippen molar-refractivity contribution in [3.8, 4) is 0 Å². The first-order valence-corrected chi connectivity index (χ1v) is 9.78. The standard InChI is InChI=1S/C21H24N2O5S/c24-19(22-17(11-12-29)20(25)26)18(13-15-7-3-1-4-8-15)23-21(27)28-14-16-9-5-2-6-10-16/h1-10,17-18,29H,11-14H2,(H,22,24)(H,23,27)(H,25,26)/t17-,18+/m0/s1. The van der Waals surface area contributed by atoms with Crippen LogP contribution in [0, 0.1) is 0 Å². The van der Waals surface area contributed by atoms with E-state index >= 15 is 0 Å². The van der Waals surface area contributed by atoms with Crippen molar-refractivity contribution in [1.82, 2.24) is 10.6 Å². The van der Waals surface area contributed by atoms with Gasteiger partial charge in [-0.15, -0.1) is 0 Å². The van der Waals surface area contributed by atoms with Gasteiger partial charge >= 0.3 is 12.1 Å². The normalized spacial score (nSPS) is 12.4. The number of hydrogen-bond acceptors (Lipinski definition) is 5. The summed E-state index contributed by atoms with van der Waals surface area (Å²) in [5.74, 6) is -1.45. The predicted octanol–water partition coefficient (Wildman–Crippen LogP) is 2.41. The molecule has 0 bridgehead atoms. The second-order valence-electron chi connectivity index (χ2n) is 6.36. The van der Waals surface area contributed by atoms with Crippen LogP contribution in [0.25, 0.3) is 0 Å². The smallest absolute Gasteiger partial charge is 0.408 e. The number of amides is 2. The Morgan fingerprint density at radius 1 is 0.897 bits per heavy atom. The number of rotatable bonds is 10. The molecule has 0 aliphatic rings. The molecule has 0 aliphatic carbocycles. The van der Waals surface area contributed by atoms with E-state index in [1.54, 1.807) is 0 Å². The van der Waals surface area contributed by atoms with Gasteiger partial charge in [-0.2, -0.15) is 12.6 Å². The molecule has 0 saturated heterocycles. The molecule has 0 heterocycles. The van der Waals surface area contributed by atoms with Gasteiger partial charge in [0.2, 0.25) is 5.91 Å². The van der Waals surface area contributed by atoms with E-state index in [1.807, 2.05) is 60.7 Å². The van der Waals surface area contributed by atoms with Crippen molar-refractivity contribution in [3.05, 3.63) is 71.8 Å². The maximum absolute atomic E-state index is 12.7. The number of hydrogen-bond donors (Lipinski definition) is 4. The number of nitrogens with one attached hydrogen (secondary N) is 2. The Morgan fingerprint density at radius 3 is 2.03 bits per heavy atom. The molecule has 2 aromatic carbocycles. The van der Waals surface area contributed by atoms with Crippen LogP contribution in [0.4, 0.5) is 4.79 Å². The molecule has 7 nitrogen and oxygen atoms in total. The molecule has 29 heavy (non-hydrogen) atoms. The molecule has 3 N–H and O–H groups in total. The molecule has 2 atom stereocenters. The summed E-state index contributed by atoms with van der Waals surface area (Å²) in [5.41, 5.74) is 1.63. The van der Waals surface area contributed by atoms with Gasteiger partial charge in [0.25, 0.3) is 0 Å². The van der Waals surface area contributed by atoms with Crippen LogP contribution in [0.5, 0.6) is 0 Å². The van der Waals surface area contributed by atoms with Crippen LogP contribution < -0.4 is 10.6 Å². The van der Waals surface area contributed by atoms with E-state index < -0.39 is 30.1 Å². The number of alkyl carbamates (subject to hydrolysis) is 1. The number of benzene rings is 2. The summed E-state index contributed by atoms with van der Waals surface area (Å²) in [6, 6.07) is 16.2. The third kappa shape index (κ3) is 7.87. The summed E-state index contributed by atoms with van der Waals surface area (Å²) in [6.07, 6.45) is -0.396. The minimum absolute atomic E-state index is 0.0593. The monoisotopic (exact) mass is 416 g/mol. The lowest BCUT2D eigenvalue weighted by atomic mass is 10.0. The summed E-state index contributed by atoms with van der Waals surface area (Å²) in [4.78, 5) is 36.2. The van der Waals surface area contributed by atoms with Crippen molar-refractivity contribution in [1.29, 1.82) is 0 Å². The van der Waals surface area contributed by atoms with Crippen LogP contribution in [0.3, 0.4) is 0 Å². The van der Waals surface area contributed by atoms with Gasteiger partial charge in [-0.3, -0.25) is 4.79 Å². The fourth-order valence-electron chi connectivity index (χ4n) is 2.62. The van der Waals surface area contributed by atoms with E-state index in [9.17, 15) is 19.5 Å². The fourth-order valence-corrected chi connectivity index (χ4v) is 2.88. The average Bonchev–Trinajstić information content (AvgIpc) is 2.73. The lowest BCUT2D eigenvalue weighted by Crippen LogP contribution is -2.52. The van der Waals surface area contributed by atoms with Crippen molar-refractivity contribution >= 4 is 30.6 Å². The molecule has 2 amide bonds. The van der Waals surface area contributed by atoms with E-state index in [0.717, 1.165) is 11.1 Å². The summed E-state index contributed by atoms with van der Waals surface area (Å²) < 4.78 is 5.19. The Bertz CT molecular complexity index is 801. The third-order valence-electron chi connectivity index (χ3n) is 4.14. The maximum Gasteiger partial charge on any atom is 0.408 e. The quantitative estimate of drug-likeness (QED) is 0.445. The van der Waals surface area contributed by atoms with Gasteiger partial charge in [0, 0.05) is 6.42 Å². The first-order chi connectivity index (χ1) is 14.0. The molecular formula is C21H24N2O5S. The number of thiol groups is 1. The second kappa shape index (κ2) is 11.8. The van der Waals surface area contributed by atoms with Crippen molar-refractivity contribution in [2.24, 2.45) is 0 Å². The van der Waals surface area contributed by atoms with Gasteiger partial charge < -0.3 is 20.5 Å². The van der Waals surface area contributed by atoms with Gasteiger partial charge in [0.15, 0.2) is 0 Å². The van der Waals surface area contributed by atoms with Crippen LogP contribution in [-0.2, 0) is 27.4 Å². The van der Waals surface area contributed by atoms with Crippen molar-refractivity contribution < 1.29 is 24.2 Å².